The summed E-state index contributed by atoms with van der Waals surface area (Å²) >= 11 is 11.9. The molecule has 2 N–H and O–H groups in total. The van der Waals surface area contributed by atoms with E-state index in [4.69, 9.17) is 27.9 Å². The summed E-state index contributed by atoms with van der Waals surface area (Å²) in [6.45, 7) is 3.44. The average molecular weight is 367 g/mol. The Morgan fingerprint density at radius 1 is 1.08 bits per heavy atom. The normalized spacial score (nSPS) is 10.2. The van der Waals surface area contributed by atoms with Crippen LogP contribution in [0.5, 0.6) is 5.75 Å². The molecule has 2 aromatic rings. The minimum absolute atomic E-state index is 0.200. The number of benzene rings is 2. The molecule has 0 unspecified atom stereocenters. The summed E-state index contributed by atoms with van der Waals surface area (Å²) in [5.41, 5.74) is 2.61. The first-order valence-electron chi connectivity index (χ1n) is 7.11. The SMILES string of the molecule is Cc1ccc(NC(=O)NC(=O)COc2c(Cl)cccc2Cl)c(C)c1. The van der Waals surface area contributed by atoms with E-state index in [-0.39, 0.29) is 22.4 Å². The predicted octanol–water partition coefficient (Wildman–Crippen LogP) is 4.34. The molecule has 0 fully saturated rings. The van der Waals surface area contributed by atoms with Gasteiger partial charge >= 0.3 is 6.03 Å². The van der Waals surface area contributed by atoms with Crippen molar-refractivity contribution in [3.8, 4) is 5.75 Å². The van der Waals surface area contributed by atoms with Gasteiger partial charge in [-0.05, 0) is 37.6 Å². The predicted molar refractivity (Wildman–Crippen MR) is 95.0 cm³/mol. The Morgan fingerprint density at radius 2 is 1.75 bits per heavy atom. The lowest BCUT2D eigenvalue weighted by Crippen LogP contribution is -2.37. The Balaban J connectivity index is 1.89. The number of carbonyl (C=O) groups is 2. The number of nitrogens with one attached hydrogen (secondary N) is 2. The highest BCUT2D eigenvalue weighted by atomic mass is 35.5. The second-order valence-electron chi connectivity index (χ2n) is 5.16. The van der Waals surface area contributed by atoms with Crippen LogP contribution in [0.1, 0.15) is 11.1 Å². The molecule has 0 saturated heterocycles. The number of anilines is 1. The van der Waals surface area contributed by atoms with E-state index in [9.17, 15) is 9.59 Å². The lowest BCUT2D eigenvalue weighted by Gasteiger charge is -2.11. The van der Waals surface area contributed by atoms with Crippen LogP contribution in [0.4, 0.5) is 10.5 Å². The largest absolute Gasteiger partial charge is 0.481 e. The molecule has 0 aromatic heterocycles. The molecule has 0 saturated carbocycles. The Labute approximate surface area is 149 Å². The highest BCUT2D eigenvalue weighted by Crippen LogP contribution is 2.32. The third-order valence-corrected chi connectivity index (χ3v) is 3.74. The number of hydrogen-bond donors (Lipinski definition) is 2. The fourth-order valence-electron chi connectivity index (χ4n) is 2.03. The molecule has 0 heterocycles. The lowest BCUT2D eigenvalue weighted by atomic mass is 10.1. The van der Waals surface area contributed by atoms with Gasteiger partial charge in [-0.15, -0.1) is 0 Å². The summed E-state index contributed by atoms with van der Waals surface area (Å²) < 4.78 is 5.26. The van der Waals surface area contributed by atoms with Gasteiger partial charge in [0.1, 0.15) is 0 Å². The van der Waals surface area contributed by atoms with Crippen molar-refractivity contribution in [2.24, 2.45) is 0 Å². The van der Waals surface area contributed by atoms with Crippen LogP contribution in [0.2, 0.25) is 10.0 Å². The summed E-state index contributed by atoms with van der Waals surface area (Å²) in [6, 6.07) is 9.78. The lowest BCUT2D eigenvalue weighted by molar-refractivity contribution is -0.121. The topological polar surface area (TPSA) is 67.4 Å². The molecule has 24 heavy (non-hydrogen) atoms. The average Bonchev–Trinajstić information content (AvgIpc) is 2.49. The number of carbonyl (C=O) groups excluding carboxylic acids is 2. The van der Waals surface area contributed by atoms with Crippen molar-refractivity contribution < 1.29 is 14.3 Å². The van der Waals surface area contributed by atoms with E-state index in [0.717, 1.165) is 11.1 Å². The molecule has 0 spiro atoms. The van der Waals surface area contributed by atoms with Crippen LogP contribution in [-0.4, -0.2) is 18.5 Å². The van der Waals surface area contributed by atoms with Crippen LogP contribution in [0.25, 0.3) is 0 Å². The van der Waals surface area contributed by atoms with E-state index in [1.54, 1.807) is 24.3 Å². The molecule has 0 aliphatic heterocycles. The first kappa shape index (κ1) is 18.1. The molecule has 2 rings (SSSR count). The summed E-state index contributed by atoms with van der Waals surface area (Å²) in [6.07, 6.45) is 0. The van der Waals surface area contributed by atoms with E-state index >= 15 is 0 Å². The third kappa shape index (κ3) is 4.88. The second-order valence-corrected chi connectivity index (χ2v) is 5.97. The van der Waals surface area contributed by atoms with Crippen molar-refractivity contribution in [2.45, 2.75) is 13.8 Å². The van der Waals surface area contributed by atoms with Crippen LogP contribution in [0.3, 0.4) is 0 Å². The maximum atomic E-state index is 11.9. The highest BCUT2D eigenvalue weighted by molar-refractivity contribution is 6.37. The molecule has 0 atom stereocenters. The first-order valence-corrected chi connectivity index (χ1v) is 7.87. The molecule has 3 amide bonds. The highest BCUT2D eigenvalue weighted by Gasteiger charge is 2.12. The number of urea groups is 1. The van der Waals surface area contributed by atoms with Gasteiger partial charge in [-0.1, -0.05) is 47.0 Å². The van der Waals surface area contributed by atoms with Crippen molar-refractivity contribution >= 4 is 40.8 Å². The third-order valence-electron chi connectivity index (χ3n) is 3.15. The van der Waals surface area contributed by atoms with Gasteiger partial charge < -0.3 is 10.1 Å². The van der Waals surface area contributed by atoms with Gasteiger partial charge in [0.25, 0.3) is 5.91 Å². The van der Waals surface area contributed by atoms with E-state index in [1.807, 2.05) is 26.0 Å². The second kappa shape index (κ2) is 8.04. The zero-order chi connectivity index (χ0) is 17.7. The standard InChI is InChI=1S/C17H16Cl2N2O3/c1-10-6-7-14(11(2)8-10)20-17(23)21-15(22)9-24-16-12(18)4-3-5-13(16)19/h3-8H,9H2,1-2H3,(H2,20,21,22,23). The monoisotopic (exact) mass is 366 g/mol. The maximum Gasteiger partial charge on any atom is 0.325 e. The Bertz CT molecular complexity index is 758. The van der Waals surface area contributed by atoms with E-state index in [1.165, 1.54) is 0 Å². The number of amides is 3. The van der Waals surface area contributed by atoms with Crippen molar-refractivity contribution in [3.63, 3.8) is 0 Å². The van der Waals surface area contributed by atoms with E-state index < -0.39 is 11.9 Å². The van der Waals surface area contributed by atoms with Gasteiger partial charge in [-0.3, -0.25) is 10.1 Å². The molecule has 0 bridgehead atoms. The smallest absolute Gasteiger partial charge is 0.325 e. The summed E-state index contributed by atoms with van der Waals surface area (Å²) in [4.78, 5) is 23.7. The summed E-state index contributed by atoms with van der Waals surface area (Å²) in [5, 5.41) is 5.36. The number of hydrogen-bond acceptors (Lipinski definition) is 3. The molecule has 0 aliphatic rings. The van der Waals surface area contributed by atoms with Crippen molar-refractivity contribution in [1.29, 1.82) is 0 Å². The minimum Gasteiger partial charge on any atom is -0.481 e. The Hall–Kier alpha value is -2.24. The Morgan fingerprint density at radius 3 is 2.38 bits per heavy atom. The fraction of sp³-hybridized carbons (Fsp3) is 0.176. The first-order chi connectivity index (χ1) is 11.4. The fourth-order valence-corrected chi connectivity index (χ4v) is 2.53. The zero-order valence-corrected chi connectivity index (χ0v) is 14.7. The molecular formula is C17H16Cl2N2O3. The van der Waals surface area contributed by atoms with Crippen LogP contribution in [-0.2, 0) is 4.79 Å². The molecule has 0 aliphatic carbocycles. The van der Waals surface area contributed by atoms with Gasteiger partial charge in [0.05, 0.1) is 10.0 Å². The molecule has 126 valence electrons. The van der Waals surface area contributed by atoms with Crippen molar-refractivity contribution in [2.75, 3.05) is 11.9 Å². The van der Waals surface area contributed by atoms with Crippen LogP contribution in [0, 0.1) is 13.8 Å². The number of rotatable bonds is 4. The summed E-state index contributed by atoms with van der Waals surface area (Å²) in [7, 11) is 0. The van der Waals surface area contributed by atoms with Gasteiger partial charge in [-0.25, -0.2) is 4.79 Å². The van der Waals surface area contributed by atoms with Crippen LogP contribution >= 0.6 is 23.2 Å². The van der Waals surface area contributed by atoms with Gasteiger partial charge in [0, 0.05) is 5.69 Å². The van der Waals surface area contributed by atoms with Gasteiger partial charge in [0.2, 0.25) is 0 Å². The van der Waals surface area contributed by atoms with Crippen LogP contribution < -0.4 is 15.4 Å². The van der Waals surface area contributed by atoms with E-state index in [2.05, 4.69) is 10.6 Å². The van der Waals surface area contributed by atoms with Gasteiger partial charge in [-0.2, -0.15) is 0 Å². The van der Waals surface area contributed by atoms with E-state index in [0.29, 0.717) is 5.69 Å². The van der Waals surface area contributed by atoms with Crippen LogP contribution in [0.15, 0.2) is 36.4 Å². The summed E-state index contributed by atoms with van der Waals surface area (Å²) in [5.74, 6) is -0.418. The number of aryl methyl sites for hydroxylation is 2. The maximum absolute atomic E-state index is 11.9. The quantitative estimate of drug-likeness (QED) is 0.845. The van der Waals surface area contributed by atoms with Gasteiger partial charge in [0.15, 0.2) is 12.4 Å². The minimum atomic E-state index is -0.638. The number of para-hydroxylation sites is 1. The van der Waals surface area contributed by atoms with Crippen molar-refractivity contribution in [3.05, 3.63) is 57.6 Å². The number of imide groups is 1. The molecule has 5 nitrogen and oxygen atoms in total. The molecule has 0 radical (unpaired) electrons. The number of ether oxygens (including phenoxy) is 1. The molecule has 2 aromatic carbocycles. The molecular weight excluding hydrogens is 351 g/mol. The number of halogens is 2. The molecule has 7 heteroatoms. The Kier molecular flexibility index (Phi) is 6.06. The zero-order valence-electron chi connectivity index (χ0n) is 13.2. The van der Waals surface area contributed by atoms with Crippen molar-refractivity contribution in [1.82, 2.24) is 5.32 Å².